The lowest BCUT2D eigenvalue weighted by molar-refractivity contribution is -0.274. The van der Waals surface area contributed by atoms with Gasteiger partial charge >= 0.3 is 6.36 Å². The number of hydrogen-bond donors (Lipinski definition) is 0. The molecule has 4 rings (SSSR count). The summed E-state index contributed by atoms with van der Waals surface area (Å²) in [5, 5.41) is 0. The molecule has 0 amide bonds. The summed E-state index contributed by atoms with van der Waals surface area (Å²) < 4.78 is 41.0. The maximum Gasteiger partial charge on any atom is 0.573 e. The fraction of sp³-hybridized carbons (Fsp3) is 0.0526. The van der Waals surface area contributed by atoms with Crippen LogP contribution in [0.3, 0.4) is 0 Å². The fourth-order valence-electron chi connectivity index (χ4n) is 2.90. The average molecular weight is 341 g/mol. The Labute approximate surface area is 140 Å². The molecule has 2 aromatic carbocycles. The normalized spacial score (nSPS) is 12.7. The molecule has 0 radical (unpaired) electrons. The summed E-state index contributed by atoms with van der Waals surface area (Å²) >= 11 is 0. The third-order valence-corrected chi connectivity index (χ3v) is 3.96. The molecule has 1 aliphatic rings. The lowest BCUT2D eigenvalue weighted by Crippen LogP contribution is -2.17. The van der Waals surface area contributed by atoms with Crippen molar-refractivity contribution in [2.75, 3.05) is 0 Å². The van der Waals surface area contributed by atoms with Gasteiger partial charge in [0.1, 0.15) is 5.75 Å². The smallest absolute Gasteiger partial charge is 0.406 e. The van der Waals surface area contributed by atoms with Crippen LogP contribution < -0.4 is 4.74 Å². The lowest BCUT2D eigenvalue weighted by atomic mass is 10.0. The SMILES string of the molecule is O=C1c2cc(OC(F)(F)F)ccc2-c2ncc(-c3ccccc3)cc21. The van der Waals surface area contributed by atoms with Crippen LogP contribution in [0.1, 0.15) is 15.9 Å². The summed E-state index contributed by atoms with van der Waals surface area (Å²) in [6.45, 7) is 0. The van der Waals surface area contributed by atoms with Crippen molar-refractivity contribution in [3.63, 3.8) is 0 Å². The highest BCUT2D eigenvalue weighted by atomic mass is 19.4. The second-order valence-electron chi connectivity index (χ2n) is 5.57. The molecule has 0 fully saturated rings. The van der Waals surface area contributed by atoms with E-state index in [4.69, 9.17) is 0 Å². The first-order chi connectivity index (χ1) is 11.9. The highest BCUT2D eigenvalue weighted by molar-refractivity contribution is 6.21. The third kappa shape index (κ3) is 2.76. The Kier molecular flexibility index (Phi) is 3.35. The van der Waals surface area contributed by atoms with E-state index in [0.717, 1.165) is 17.2 Å². The molecule has 0 saturated carbocycles. The largest absolute Gasteiger partial charge is 0.573 e. The van der Waals surface area contributed by atoms with Gasteiger partial charge in [-0.2, -0.15) is 0 Å². The van der Waals surface area contributed by atoms with Crippen LogP contribution in [0.15, 0.2) is 60.8 Å². The number of rotatable bonds is 2. The average Bonchev–Trinajstić information content (AvgIpc) is 2.86. The van der Waals surface area contributed by atoms with Crippen molar-refractivity contribution in [3.8, 4) is 28.1 Å². The summed E-state index contributed by atoms with van der Waals surface area (Å²) in [7, 11) is 0. The van der Waals surface area contributed by atoms with Crippen LogP contribution in [-0.4, -0.2) is 17.1 Å². The number of pyridine rings is 1. The molecule has 6 heteroatoms. The number of ketones is 1. The molecule has 0 unspecified atom stereocenters. The first-order valence-corrected chi connectivity index (χ1v) is 7.43. The van der Waals surface area contributed by atoms with E-state index in [1.165, 1.54) is 12.1 Å². The van der Waals surface area contributed by atoms with Crippen molar-refractivity contribution in [1.82, 2.24) is 4.98 Å². The predicted molar refractivity (Wildman–Crippen MR) is 85.2 cm³/mol. The number of carbonyl (C=O) groups excluding carboxylic acids is 1. The number of nitrogens with zero attached hydrogens (tertiary/aromatic N) is 1. The van der Waals surface area contributed by atoms with Crippen molar-refractivity contribution >= 4 is 5.78 Å². The third-order valence-electron chi connectivity index (χ3n) is 3.96. The number of aromatic nitrogens is 1. The zero-order valence-corrected chi connectivity index (χ0v) is 12.7. The summed E-state index contributed by atoms with van der Waals surface area (Å²) in [4.78, 5) is 17.0. The maximum atomic E-state index is 12.6. The zero-order chi connectivity index (χ0) is 17.6. The Morgan fingerprint density at radius 2 is 1.60 bits per heavy atom. The van der Waals surface area contributed by atoms with E-state index >= 15 is 0 Å². The molecular weight excluding hydrogens is 331 g/mol. The highest BCUT2D eigenvalue weighted by Gasteiger charge is 2.33. The minimum Gasteiger partial charge on any atom is -0.406 e. The highest BCUT2D eigenvalue weighted by Crippen LogP contribution is 2.39. The van der Waals surface area contributed by atoms with Gasteiger partial charge in [0, 0.05) is 28.5 Å². The van der Waals surface area contributed by atoms with Crippen LogP contribution in [0.4, 0.5) is 13.2 Å². The first kappa shape index (κ1) is 15.4. The second kappa shape index (κ2) is 5.44. The van der Waals surface area contributed by atoms with Gasteiger partial charge in [-0.3, -0.25) is 9.78 Å². The van der Waals surface area contributed by atoms with Crippen LogP contribution in [0.5, 0.6) is 5.75 Å². The van der Waals surface area contributed by atoms with E-state index in [2.05, 4.69) is 9.72 Å². The van der Waals surface area contributed by atoms with Crippen LogP contribution in [0.25, 0.3) is 22.4 Å². The summed E-state index contributed by atoms with van der Waals surface area (Å²) in [6, 6.07) is 14.8. The van der Waals surface area contributed by atoms with E-state index in [-0.39, 0.29) is 11.3 Å². The minimum absolute atomic E-state index is 0.162. The van der Waals surface area contributed by atoms with Crippen LogP contribution in [0, 0.1) is 0 Å². The Bertz CT molecular complexity index is 982. The Morgan fingerprint density at radius 3 is 2.32 bits per heavy atom. The topological polar surface area (TPSA) is 39.2 Å². The van der Waals surface area contributed by atoms with E-state index in [0.29, 0.717) is 16.8 Å². The molecule has 3 nitrogen and oxygen atoms in total. The number of carbonyl (C=O) groups is 1. The van der Waals surface area contributed by atoms with Crippen molar-refractivity contribution in [1.29, 1.82) is 0 Å². The quantitative estimate of drug-likeness (QED) is 0.523. The molecule has 0 saturated heterocycles. The number of hydrogen-bond acceptors (Lipinski definition) is 3. The molecule has 1 heterocycles. The second-order valence-corrected chi connectivity index (χ2v) is 5.57. The Hall–Kier alpha value is -3.15. The molecule has 0 bridgehead atoms. The number of fused-ring (bicyclic) bond motifs is 3. The van der Waals surface area contributed by atoms with Gasteiger partial charge in [-0.05, 0) is 29.8 Å². The fourth-order valence-corrected chi connectivity index (χ4v) is 2.90. The van der Waals surface area contributed by atoms with Gasteiger partial charge in [0.2, 0.25) is 0 Å². The standard InChI is InChI=1S/C19H10F3NO2/c20-19(21,22)25-13-6-7-14-15(9-13)18(24)16-8-12(10-23-17(14)16)11-4-2-1-3-5-11/h1-10H. The van der Waals surface area contributed by atoms with Crippen molar-refractivity contribution < 1.29 is 22.7 Å². The first-order valence-electron chi connectivity index (χ1n) is 7.43. The lowest BCUT2D eigenvalue weighted by Gasteiger charge is -2.09. The van der Waals surface area contributed by atoms with Gasteiger partial charge in [-0.1, -0.05) is 30.3 Å². The van der Waals surface area contributed by atoms with Crippen LogP contribution in [0.2, 0.25) is 0 Å². The van der Waals surface area contributed by atoms with Crippen LogP contribution >= 0.6 is 0 Å². The molecule has 1 aliphatic carbocycles. The van der Waals surface area contributed by atoms with E-state index < -0.39 is 12.1 Å². The van der Waals surface area contributed by atoms with E-state index in [9.17, 15) is 18.0 Å². The Morgan fingerprint density at radius 1 is 0.840 bits per heavy atom. The maximum absolute atomic E-state index is 12.6. The predicted octanol–water partition coefficient (Wildman–Crippen LogP) is 4.86. The molecule has 0 spiro atoms. The van der Waals surface area contributed by atoms with E-state index in [1.807, 2.05) is 30.3 Å². The van der Waals surface area contributed by atoms with E-state index in [1.54, 1.807) is 12.3 Å². The van der Waals surface area contributed by atoms with Gasteiger partial charge in [0.25, 0.3) is 0 Å². The van der Waals surface area contributed by atoms with Gasteiger partial charge in [0.05, 0.1) is 5.69 Å². The summed E-state index contributed by atoms with van der Waals surface area (Å²) in [5.74, 6) is -0.779. The molecule has 1 aromatic heterocycles. The summed E-state index contributed by atoms with van der Waals surface area (Å²) in [5.41, 5.74) is 3.19. The molecule has 0 N–H and O–H groups in total. The number of ether oxygens (including phenoxy) is 1. The van der Waals surface area contributed by atoms with Crippen molar-refractivity contribution in [2.45, 2.75) is 6.36 Å². The minimum atomic E-state index is -4.80. The molecular formula is C19H10F3NO2. The van der Waals surface area contributed by atoms with Crippen LogP contribution in [-0.2, 0) is 0 Å². The van der Waals surface area contributed by atoms with Gasteiger partial charge < -0.3 is 4.74 Å². The molecule has 124 valence electrons. The van der Waals surface area contributed by atoms with Gasteiger partial charge in [-0.15, -0.1) is 13.2 Å². The summed E-state index contributed by atoms with van der Waals surface area (Å²) in [6.07, 6.45) is -3.15. The van der Waals surface area contributed by atoms with Gasteiger partial charge in [0.15, 0.2) is 5.78 Å². The molecule has 3 aromatic rings. The Balaban J connectivity index is 1.76. The number of benzene rings is 2. The zero-order valence-electron chi connectivity index (χ0n) is 12.7. The molecule has 0 aliphatic heterocycles. The van der Waals surface area contributed by atoms with Crippen molar-refractivity contribution in [3.05, 3.63) is 71.9 Å². The van der Waals surface area contributed by atoms with Crippen molar-refractivity contribution in [2.24, 2.45) is 0 Å². The number of alkyl halides is 3. The van der Waals surface area contributed by atoms with Gasteiger partial charge in [-0.25, -0.2) is 0 Å². The monoisotopic (exact) mass is 341 g/mol. The molecule has 0 atom stereocenters. The molecule has 25 heavy (non-hydrogen) atoms. The number of halogens is 3.